The molecule has 3 heteroatoms. The van der Waals surface area contributed by atoms with Gasteiger partial charge >= 0.3 is 0 Å². The van der Waals surface area contributed by atoms with Gasteiger partial charge in [-0.15, -0.1) is 12.4 Å². The van der Waals surface area contributed by atoms with Gasteiger partial charge in [-0.25, -0.2) is 0 Å². The lowest BCUT2D eigenvalue weighted by Gasteiger charge is -2.12. The summed E-state index contributed by atoms with van der Waals surface area (Å²) in [5.74, 6) is 0.617. The molecule has 1 N–H and O–H groups in total. The number of rotatable bonds is 4. The van der Waals surface area contributed by atoms with Crippen LogP contribution < -0.4 is 5.32 Å². The molecule has 70 valence electrons. The minimum atomic E-state index is 0. The molecule has 0 saturated heterocycles. The molecule has 1 unspecified atom stereocenters. The topological polar surface area (TPSA) is 35.8 Å². The molecular formula is C9H17ClN2. The SMILES string of the molecule is CC(C)CC(C#N)NC1CC1.Cl. The molecule has 1 fully saturated rings. The fourth-order valence-electron chi connectivity index (χ4n) is 1.16. The van der Waals surface area contributed by atoms with Crippen LogP contribution in [-0.4, -0.2) is 12.1 Å². The van der Waals surface area contributed by atoms with Gasteiger partial charge in [0.1, 0.15) is 0 Å². The van der Waals surface area contributed by atoms with Crippen molar-refractivity contribution in [1.82, 2.24) is 5.32 Å². The van der Waals surface area contributed by atoms with Gasteiger partial charge in [0.05, 0.1) is 12.1 Å². The maximum absolute atomic E-state index is 8.74. The number of halogens is 1. The molecule has 0 amide bonds. The summed E-state index contributed by atoms with van der Waals surface area (Å²) in [5, 5.41) is 12.0. The first-order chi connectivity index (χ1) is 5.22. The van der Waals surface area contributed by atoms with E-state index in [4.69, 9.17) is 5.26 Å². The van der Waals surface area contributed by atoms with Gasteiger partial charge in [0, 0.05) is 6.04 Å². The number of nitriles is 1. The summed E-state index contributed by atoms with van der Waals surface area (Å²) in [7, 11) is 0. The summed E-state index contributed by atoms with van der Waals surface area (Å²) in [6.07, 6.45) is 3.50. The smallest absolute Gasteiger partial charge is 0.0957 e. The molecule has 0 aromatic rings. The quantitative estimate of drug-likeness (QED) is 0.734. The maximum atomic E-state index is 8.74. The van der Waals surface area contributed by atoms with E-state index in [1.807, 2.05) is 0 Å². The third-order valence-electron chi connectivity index (χ3n) is 1.88. The zero-order chi connectivity index (χ0) is 8.27. The van der Waals surface area contributed by atoms with Crippen molar-refractivity contribution in [2.45, 2.75) is 45.2 Å². The van der Waals surface area contributed by atoms with Gasteiger partial charge in [-0.05, 0) is 25.2 Å². The Labute approximate surface area is 80.7 Å². The molecule has 0 aromatic carbocycles. The highest BCUT2D eigenvalue weighted by Gasteiger charge is 2.24. The average molecular weight is 189 g/mol. The van der Waals surface area contributed by atoms with Gasteiger partial charge < -0.3 is 0 Å². The van der Waals surface area contributed by atoms with Crippen molar-refractivity contribution in [3.8, 4) is 6.07 Å². The molecule has 0 spiro atoms. The van der Waals surface area contributed by atoms with Crippen molar-refractivity contribution in [2.24, 2.45) is 5.92 Å². The van der Waals surface area contributed by atoms with Gasteiger partial charge in [0.2, 0.25) is 0 Å². The van der Waals surface area contributed by atoms with E-state index in [0.717, 1.165) is 6.42 Å². The summed E-state index contributed by atoms with van der Waals surface area (Å²) in [5.41, 5.74) is 0. The number of nitrogens with one attached hydrogen (secondary N) is 1. The third-order valence-corrected chi connectivity index (χ3v) is 1.88. The Balaban J connectivity index is 0.00000121. The molecule has 0 aliphatic heterocycles. The summed E-state index contributed by atoms with van der Waals surface area (Å²) in [4.78, 5) is 0. The third kappa shape index (κ3) is 4.58. The predicted molar refractivity (Wildman–Crippen MR) is 52.3 cm³/mol. The van der Waals surface area contributed by atoms with Gasteiger partial charge in [-0.3, -0.25) is 5.32 Å². The minimum absolute atomic E-state index is 0. The summed E-state index contributed by atoms with van der Waals surface area (Å²) >= 11 is 0. The Kier molecular flexibility index (Phi) is 5.28. The molecule has 0 aromatic heterocycles. The molecule has 1 aliphatic carbocycles. The molecule has 12 heavy (non-hydrogen) atoms. The van der Waals surface area contributed by atoms with Crippen LogP contribution in [0.15, 0.2) is 0 Å². The van der Waals surface area contributed by atoms with Crippen LogP contribution in [0.4, 0.5) is 0 Å². The Hall–Kier alpha value is -0.260. The normalized spacial score (nSPS) is 18.2. The molecule has 1 rings (SSSR count). The van der Waals surface area contributed by atoms with Crippen LogP contribution in [0.25, 0.3) is 0 Å². The van der Waals surface area contributed by atoms with Crippen molar-refractivity contribution in [1.29, 1.82) is 5.26 Å². The fourth-order valence-corrected chi connectivity index (χ4v) is 1.16. The van der Waals surface area contributed by atoms with Crippen molar-refractivity contribution in [3.63, 3.8) is 0 Å². The van der Waals surface area contributed by atoms with Crippen LogP contribution in [0, 0.1) is 17.2 Å². The predicted octanol–water partition coefficient (Wildman–Crippen LogP) is 2.10. The zero-order valence-electron chi connectivity index (χ0n) is 7.71. The molecule has 1 atom stereocenters. The standard InChI is InChI=1S/C9H16N2.ClH/c1-7(2)5-9(6-10)11-8-3-4-8;/h7-9,11H,3-5H2,1-2H3;1H. The molecule has 0 radical (unpaired) electrons. The molecule has 1 aliphatic rings. The Morgan fingerprint density at radius 1 is 1.50 bits per heavy atom. The van der Waals surface area contributed by atoms with E-state index >= 15 is 0 Å². The summed E-state index contributed by atoms with van der Waals surface area (Å²) in [6.45, 7) is 4.30. The molecule has 1 saturated carbocycles. The highest BCUT2D eigenvalue weighted by atomic mass is 35.5. The lowest BCUT2D eigenvalue weighted by atomic mass is 10.1. The second-order valence-electron chi connectivity index (χ2n) is 3.75. The highest BCUT2D eigenvalue weighted by molar-refractivity contribution is 5.85. The average Bonchev–Trinajstić information content (AvgIpc) is 2.69. The van der Waals surface area contributed by atoms with Gasteiger partial charge in [-0.1, -0.05) is 13.8 Å². The second kappa shape index (κ2) is 5.40. The second-order valence-corrected chi connectivity index (χ2v) is 3.75. The van der Waals surface area contributed by atoms with Crippen LogP contribution in [0.1, 0.15) is 33.1 Å². The highest BCUT2D eigenvalue weighted by Crippen LogP contribution is 2.20. The lowest BCUT2D eigenvalue weighted by molar-refractivity contribution is 0.477. The zero-order valence-corrected chi connectivity index (χ0v) is 8.53. The van der Waals surface area contributed by atoms with Crippen LogP contribution in [0.2, 0.25) is 0 Å². The van der Waals surface area contributed by atoms with Crippen molar-refractivity contribution >= 4 is 12.4 Å². The van der Waals surface area contributed by atoms with Crippen LogP contribution in [0.5, 0.6) is 0 Å². The Morgan fingerprint density at radius 3 is 2.42 bits per heavy atom. The minimum Gasteiger partial charge on any atom is -0.299 e. The van der Waals surface area contributed by atoms with Crippen LogP contribution >= 0.6 is 12.4 Å². The van der Waals surface area contributed by atoms with E-state index in [9.17, 15) is 0 Å². The van der Waals surface area contributed by atoms with E-state index in [1.54, 1.807) is 0 Å². The largest absolute Gasteiger partial charge is 0.299 e. The number of nitrogens with zero attached hydrogens (tertiary/aromatic N) is 1. The molecule has 2 nitrogen and oxygen atoms in total. The first kappa shape index (κ1) is 11.7. The number of hydrogen-bond donors (Lipinski definition) is 1. The Bertz CT molecular complexity index is 154. The van der Waals surface area contributed by atoms with E-state index in [2.05, 4.69) is 25.2 Å². The van der Waals surface area contributed by atoms with Crippen LogP contribution in [0.3, 0.4) is 0 Å². The monoisotopic (exact) mass is 188 g/mol. The lowest BCUT2D eigenvalue weighted by Crippen LogP contribution is -2.30. The summed E-state index contributed by atoms with van der Waals surface area (Å²) < 4.78 is 0. The first-order valence-electron chi connectivity index (χ1n) is 4.38. The van der Waals surface area contributed by atoms with E-state index < -0.39 is 0 Å². The van der Waals surface area contributed by atoms with Crippen LogP contribution in [-0.2, 0) is 0 Å². The van der Waals surface area contributed by atoms with E-state index in [-0.39, 0.29) is 18.4 Å². The molecule has 0 heterocycles. The maximum Gasteiger partial charge on any atom is 0.0957 e. The molecular weight excluding hydrogens is 172 g/mol. The van der Waals surface area contributed by atoms with E-state index in [0.29, 0.717) is 12.0 Å². The van der Waals surface area contributed by atoms with E-state index in [1.165, 1.54) is 12.8 Å². The first-order valence-corrected chi connectivity index (χ1v) is 4.38. The fraction of sp³-hybridized carbons (Fsp3) is 0.889. The van der Waals surface area contributed by atoms with Crippen molar-refractivity contribution in [2.75, 3.05) is 0 Å². The molecule has 0 bridgehead atoms. The number of hydrogen-bond acceptors (Lipinski definition) is 2. The van der Waals surface area contributed by atoms with Gasteiger partial charge in [0.15, 0.2) is 0 Å². The summed E-state index contributed by atoms with van der Waals surface area (Å²) in [6, 6.07) is 3.03. The van der Waals surface area contributed by atoms with Gasteiger partial charge in [0.25, 0.3) is 0 Å². The van der Waals surface area contributed by atoms with Crippen molar-refractivity contribution < 1.29 is 0 Å². The van der Waals surface area contributed by atoms with Crippen molar-refractivity contribution in [3.05, 3.63) is 0 Å². The van der Waals surface area contributed by atoms with Gasteiger partial charge in [-0.2, -0.15) is 5.26 Å². The Morgan fingerprint density at radius 2 is 2.08 bits per heavy atom.